The fourth-order valence-corrected chi connectivity index (χ4v) is 5.80. The van der Waals surface area contributed by atoms with Gasteiger partial charge in [-0.25, -0.2) is 4.98 Å². The SMILES string of the molecule is C[C@H]1Cc2ccccc2N1C(=O)C[NH+]1CC[NH+](Cc2nc3ccccc3s2)CC1. The summed E-state index contributed by atoms with van der Waals surface area (Å²) in [6.07, 6.45) is 0.970. The summed E-state index contributed by atoms with van der Waals surface area (Å²) in [4.78, 5) is 22.9. The van der Waals surface area contributed by atoms with E-state index < -0.39 is 0 Å². The Hall–Kier alpha value is -2.28. The number of anilines is 1. The van der Waals surface area contributed by atoms with Crippen molar-refractivity contribution in [2.24, 2.45) is 0 Å². The quantitative estimate of drug-likeness (QED) is 0.662. The van der Waals surface area contributed by atoms with E-state index in [1.54, 1.807) is 4.90 Å². The van der Waals surface area contributed by atoms with Crippen molar-refractivity contribution >= 4 is 33.1 Å². The summed E-state index contributed by atoms with van der Waals surface area (Å²) < 4.78 is 1.27. The van der Waals surface area contributed by atoms with Crippen LogP contribution >= 0.6 is 11.3 Å². The number of quaternary nitrogens is 2. The van der Waals surface area contributed by atoms with Gasteiger partial charge in [-0.05, 0) is 37.1 Å². The number of hydrogen-bond donors (Lipinski definition) is 2. The van der Waals surface area contributed by atoms with Gasteiger partial charge >= 0.3 is 0 Å². The van der Waals surface area contributed by atoms with Crippen LogP contribution in [0.1, 0.15) is 17.5 Å². The zero-order valence-electron chi connectivity index (χ0n) is 16.9. The molecule has 150 valence electrons. The minimum absolute atomic E-state index is 0.269. The van der Waals surface area contributed by atoms with Gasteiger partial charge in [0.05, 0.1) is 10.2 Å². The van der Waals surface area contributed by atoms with Gasteiger partial charge in [0.25, 0.3) is 5.91 Å². The number of benzene rings is 2. The van der Waals surface area contributed by atoms with Crippen LogP contribution in [-0.2, 0) is 17.8 Å². The number of carbonyl (C=O) groups excluding carboxylic acids is 1. The molecule has 0 unspecified atom stereocenters. The van der Waals surface area contributed by atoms with Gasteiger partial charge < -0.3 is 14.7 Å². The maximum atomic E-state index is 13.0. The highest BCUT2D eigenvalue weighted by Gasteiger charge is 2.34. The smallest absolute Gasteiger partial charge is 0.282 e. The number of rotatable bonds is 4. The van der Waals surface area contributed by atoms with Crippen LogP contribution in [-0.4, -0.2) is 49.7 Å². The molecular weight excluding hydrogens is 380 g/mol. The zero-order chi connectivity index (χ0) is 19.8. The molecule has 2 aromatic carbocycles. The molecule has 2 aliphatic heterocycles. The van der Waals surface area contributed by atoms with Crippen molar-refractivity contribution in [3.8, 4) is 0 Å². The molecule has 1 saturated heterocycles. The Balaban J connectivity index is 1.16. The molecule has 3 heterocycles. The lowest BCUT2D eigenvalue weighted by Gasteiger charge is -2.30. The topological polar surface area (TPSA) is 42.1 Å². The van der Waals surface area contributed by atoms with Crippen molar-refractivity contribution in [3.63, 3.8) is 0 Å². The number of aromatic nitrogens is 1. The number of thiazole rings is 1. The number of carbonyl (C=O) groups is 1. The van der Waals surface area contributed by atoms with E-state index in [2.05, 4.69) is 49.4 Å². The second-order valence-corrected chi connectivity index (χ2v) is 9.49. The number of amides is 1. The highest BCUT2D eigenvalue weighted by molar-refractivity contribution is 7.18. The number of hydrogen-bond acceptors (Lipinski definition) is 3. The average molecular weight is 409 g/mol. The van der Waals surface area contributed by atoms with E-state index in [-0.39, 0.29) is 11.9 Å². The van der Waals surface area contributed by atoms with Gasteiger partial charge in [0.1, 0.15) is 37.7 Å². The Bertz CT molecular complexity index is 991. The molecule has 6 heteroatoms. The summed E-state index contributed by atoms with van der Waals surface area (Å²) in [5, 5.41) is 1.23. The lowest BCUT2D eigenvalue weighted by molar-refractivity contribution is -1.02. The molecule has 1 aromatic heterocycles. The number of para-hydroxylation sites is 2. The summed E-state index contributed by atoms with van der Waals surface area (Å²) >= 11 is 1.81. The molecule has 0 aliphatic carbocycles. The van der Waals surface area contributed by atoms with E-state index in [1.165, 1.54) is 20.2 Å². The summed E-state index contributed by atoms with van der Waals surface area (Å²) in [5.74, 6) is 0.270. The molecule has 1 atom stereocenters. The van der Waals surface area contributed by atoms with Crippen molar-refractivity contribution in [1.29, 1.82) is 0 Å². The summed E-state index contributed by atoms with van der Waals surface area (Å²) in [6.45, 7) is 8.07. The van der Waals surface area contributed by atoms with Crippen LogP contribution in [0.4, 0.5) is 5.69 Å². The molecule has 1 amide bonds. The fourth-order valence-electron chi connectivity index (χ4n) is 4.76. The molecule has 0 spiro atoms. The van der Waals surface area contributed by atoms with Gasteiger partial charge in [0.15, 0.2) is 6.54 Å². The van der Waals surface area contributed by atoms with Crippen LogP contribution in [0.25, 0.3) is 10.2 Å². The first kappa shape index (κ1) is 18.7. The third kappa shape index (κ3) is 3.80. The van der Waals surface area contributed by atoms with Crippen LogP contribution in [0.3, 0.4) is 0 Å². The molecule has 5 rings (SSSR count). The van der Waals surface area contributed by atoms with Crippen LogP contribution in [0.5, 0.6) is 0 Å². The van der Waals surface area contributed by atoms with Gasteiger partial charge in [-0.2, -0.15) is 0 Å². The fraction of sp³-hybridized carbons (Fsp3) is 0.391. The van der Waals surface area contributed by atoms with Crippen molar-refractivity contribution in [2.75, 3.05) is 37.6 Å². The molecule has 2 aliphatic rings. The molecule has 3 aromatic rings. The summed E-state index contributed by atoms with van der Waals surface area (Å²) in [5.41, 5.74) is 3.53. The van der Waals surface area contributed by atoms with Crippen molar-refractivity contribution < 1.29 is 14.6 Å². The van der Waals surface area contributed by atoms with Gasteiger partial charge in [0.2, 0.25) is 0 Å². The summed E-state index contributed by atoms with van der Waals surface area (Å²) in [7, 11) is 0. The van der Waals surface area contributed by atoms with Gasteiger partial charge in [-0.15, -0.1) is 11.3 Å². The van der Waals surface area contributed by atoms with Crippen LogP contribution in [0, 0.1) is 0 Å². The molecular formula is C23H28N4OS+2. The first-order chi connectivity index (χ1) is 14.2. The van der Waals surface area contributed by atoms with Crippen molar-refractivity contribution in [3.05, 3.63) is 59.1 Å². The van der Waals surface area contributed by atoms with Gasteiger partial charge in [-0.3, -0.25) is 4.79 Å². The zero-order valence-corrected chi connectivity index (χ0v) is 17.7. The minimum atomic E-state index is 0.269. The Kier molecular flexibility index (Phi) is 5.08. The van der Waals surface area contributed by atoms with Crippen LogP contribution < -0.4 is 14.7 Å². The average Bonchev–Trinajstić information content (AvgIpc) is 3.28. The Morgan fingerprint density at radius 2 is 1.79 bits per heavy atom. The molecule has 29 heavy (non-hydrogen) atoms. The third-order valence-corrected chi connectivity index (χ3v) is 7.32. The Morgan fingerprint density at radius 1 is 1.07 bits per heavy atom. The largest absolute Gasteiger partial charge is 0.320 e. The summed E-state index contributed by atoms with van der Waals surface area (Å²) in [6, 6.07) is 17.0. The lowest BCUT2D eigenvalue weighted by Crippen LogP contribution is -3.28. The molecule has 5 nitrogen and oxygen atoms in total. The number of piperazine rings is 1. The third-order valence-electron chi connectivity index (χ3n) is 6.28. The lowest BCUT2D eigenvalue weighted by atomic mass is 10.1. The second kappa shape index (κ2) is 7.86. The Morgan fingerprint density at radius 3 is 2.62 bits per heavy atom. The predicted octanol–water partition coefficient (Wildman–Crippen LogP) is 0.558. The maximum Gasteiger partial charge on any atom is 0.282 e. The highest BCUT2D eigenvalue weighted by Crippen LogP contribution is 2.31. The number of fused-ring (bicyclic) bond motifs is 2. The molecule has 0 saturated carbocycles. The minimum Gasteiger partial charge on any atom is -0.320 e. The van der Waals surface area contributed by atoms with Crippen molar-refractivity contribution in [2.45, 2.75) is 25.9 Å². The molecule has 1 fully saturated rings. The van der Waals surface area contributed by atoms with E-state index in [0.717, 1.165) is 50.3 Å². The number of nitrogens with zero attached hydrogens (tertiary/aromatic N) is 2. The predicted molar refractivity (Wildman–Crippen MR) is 117 cm³/mol. The Labute approximate surface area is 175 Å². The van der Waals surface area contributed by atoms with E-state index in [9.17, 15) is 4.79 Å². The second-order valence-electron chi connectivity index (χ2n) is 8.37. The maximum absolute atomic E-state index is 13.0. The van der Waals surface area contributed by atoms with E-state index >= 15 is 0 Å². The molecule has 2 N–H and O–H groups in total. The van der Waals surface area contributed by atoms with Gasteiger partial charge in [0, 0.05) is 11.7 Å². The van der Waals surface area contributed by atoms with E-state index in [1.807, 2.05) is 22.3 Å². The van der Waals surface area contributed by atoms with Crippen LogP contribution in [0.2, 0.25) is 0 Å². The van der Waals surface area contributed by atoms with Gasteiger partial charge in [-0.1, -0.05) is 30.3 Å². The molecule has 0 bridgehead atoms. The number of nitrogens with one attached hydrogen (secondary N) is 2. The monoisotopic (exact) mass is 408 g/mol. The van der Waals surface area contributed by atoms with E-state index in [0.29, 0.717) is 6.54 Å². The van der Waals surface area contributed by atoms with Crippen molar-refractivity contribution in [1.82, 2.24) is 4.98 Å². The van der Waals surface area contributed by atoms with Crippen LogP contribution in [0.15, 0.2) is 48.5 Å². The highest BCUT2D eigenvalue weighted by atomic mass is 32.1. The first-order valence-corrected chi connectivity index (χ1v) is 11.4. The molecule has 0 radical (unpaired) electrons. The van der Waals surface area contributed by atoms with E-state index in [4.69, 9.17) is 4.98 Å². The standard InChI is InChI=1S/C23H26N4OS/c1-17-14-18-6-2-4-8-20(18)27(17)23(28)16-26-12-10-25(11-13-26)15-22-24-19-7-3-5-9-21(19)29-22/h2-9,17H,10-16H2,1H3/p+2/t17-/m0/s1. The normalized spacial score (nSPS) is 24.0. The first-order valence-electron chi connectivity index (χ1n) is 10.6.